The highest BCUT2D eigenvalue weighted by atomic mass is 19.1. The highest BCUT2D eigenvalue weighted by molar-refractivity contribution is 5.69. The average Bonchev–Trinajstić information content (AvgIpc) is 2.22. The Balaban J connectivity index is 1.77. The Bertz CT molecular complexity index is 448. The molecule has 2 rings (SSSR count). The van der Waals surface area contributed by atoms with Crippen molar-refractivity contribution < 1.29 is 13.9 Å². The Morgan fingerprint density at radius 1 is 1.32 bits per heavy atom. The molecule has 1 saturated heterocycles. The van der Waals surface area contributed by atoms with Gasteiger partial charge in [-0.15, -0.1) is 0 Å². The van der Waals surface area contributed by atoms with Gasteiger partial charge in [-0.1, -0.05) is 0 Å². The molecule has 4 nitrogen and oxygen atoms in total. The van der Waals surface area contributed by atoms with Crippen LogP contribution in [0.1, 0.15) is 20.8 Å². The third-order valence-corrected chi connectivity index (χ3v) is 2.75. The summed E-state index contributed by atoms with van der Waals surface area (Å²) in [6.07, 6.45) is -0.287. The molecule has 0 bridgehead atoms. The maximum Gasteiger partial charge on any atom is 0.410 e. The number of carbonyl (C=O) groups excluding carboxylic acids is 1. The number of ether oxygens (including phenoxy) is 1. The van der Waals surface area contributed by atoms with Crippen LogP contribution in [0.25, 0.3) is 0 Å². The van der Waals surface area contributed by atoms with E-state index >= 15 is 0 Å². The monoisotopic (exact) mass is 266 g/mol. The minimum absolute atomic E-state index is 0.193. The van der Waals surface area contributed by atoms with Crippen LogP contribution in [0.3, 0.4) is 0 Å². The van der Waals surface area contributed by atoms with Gasteiger partial charge in [-0.2, -0.15) is 0 Å². The van der Waals surface area contributed by atoms with Crippen LogP contribution in [0.5, 0.6) is 0 Å². The highest BCUT2D eigenvalue weighted by Gasteiger charge is 2.33. The van der Waals surface area contributed by atoms with Gasteiger partial charge in [0.2, 0.25) is 0 Å². The summed E-state index contributed by atoms with van der Waals surface area (Å²) in [5.74, 6) is -0.255. The quantitative estimate of drug-likeness (QED) is 0.895. The molecule has 0 spiro atoms. The number of anilines is 1. The van der Waals surface area contributed by atoms with Gasteiger partial charge >= 0.3 is 6.09 Å². The molecule has 0 aromatic heterocycles. The number of halogens is 1. The number of nitrogens with zero attached hydrogens (tertiary/aromatic N) is 1. The van der Waals surface area contributed by atoms with Gasteiger partial charge in [-0.25, -0.2) is 9.18 Å². The fourth-order valence-electron chi connectivity index (χ4n) is 1.83. The Hall–Kier alpha value is -1.78. The van der Waals surface area contributed by atoms with Crippen molar-refractivity contribution in [3.8, 4) is 0 Å². The van der Waals surface area contributed by atoms with Gasteiger partial charge in [0.1, 0.15) is 11.4 Å². The van der Waals surface area contributed by atoms with Crippen LogP contribution < -0.4 is 5.32 Å². The largest absolute Gasteiger partial charge is 0.444 e. The van der Waals surface area contributed by atoms with Crippen molar-refractivity contribution in [3.63, 3.8) is 0 Å². The van der Waals surface area contributed by atoms with E-state index in [1.807, 2.05) is 20.8 Å². The first-order chi connectivity index (χ1) is 8.83. The normalized spacial score (nSPS) is 15.9. The molecule has 0 radical (unpaired) electrons. The van der Waals surface area contributed by atoms with Gasteiger partial charge in [0.05, 0.1) is 6.04 Å². The standard InChI is InChI=1S/C14H19FN2O2/c1-14(2,3)19-13(18)17-8-12(9-17)16-11-6-4-10(15)5-7-11/h4-7,12,16H,8-9H2,1-3H3. The van der Waals surface area contributed by atoms with Gasteiger partial charge in [-0.05, 0) is 45.0 Å². The van der Waals surface area contributed by atoms with Crippen LogP contribution in [0, 0.1) is 5.82 Å². The molecule has 5 heteroatoms. The molecule has 104 valence electrons. The lowest BCUT2D eigenvalue weighted by molar-refractivity contribution is 0.0105. The predicted molar refractivity (Wildman–Crippen MR) is 71.6 cm³/mol. The number of amides is 1. The van der Waals surface area contributed by atoms with Crippen molar-refractivity contribution in [3.05, 3.63) is 30.1 Å². The van der Waals surface area contributed by atoms with Crippen LogP contribution in [0.4, 0.5) is 14.9 Å². The van der Waals surface area contributed by atoms with Crippen molar-refractivity contribution in [1.29, 1.82) is 0 Å². The molecular weight excluding hydrogens is 247 g/mol. The summed E-state index contributed by atoms with van der Waals surface area (Å²) in [6, 6.07) is 6.38. The van der Waals surface area contributed by atoms with E-state index in [1.54, 1.807) is 17.0 Å². The van der Waals surface area contributed by atoms with E-state index in [1.165, 1.54) is 12.1 Å². The van der Waals surface area contributed by atoms with Crippen LogP contribution in [-0.4, -0.2) is 35.7 Å². The third kappa shape index (κ3) is 3.84. The van der Waals surface area contributed by atoms with Gasteiger partial charge in [0, 0.05) is 18.8 Å². The van der Waals surface area contributed by atoms with Gasteiger partial charge in [0.15, 0.2) is 0 Å². The van der Waals surface area contributed by atoms with Crippen LogP contribution in [0.15, 0.2) is 24.3 Å². The van der Waals surface area contributed by atoms with Crippen molar-refractivity contribution >= 4 is 11.8 Å². The molecule has 1 fully saturated rings. The fraction of sp³-hybridized carbons (Fsp3) is 0.500. The van der Waals surface area contributed by atoms with Crippen LogP contribution in [0.2, 0.25) is 0 Å². The number of nitrogens with one attached hydrogen (secondary N) is 1. The lowest BCUT2D eigenvalue weighted by Crippen LogP contribution is -2.57. The second-order valence-corrected chi connectivity index (χ2v) is 5.73. The van der Waals surface area contributed by atoms with Crippen molar-refractivity contribution in [2.45, 2.75) is 32.4 Å². The molecule has 0 atom stereocenters. The first-order valence-corrected chi connectivity index (χ1v) is 6.33. The minimum Gasteiger partial charge on any atom is -0.444 e. The van der Waals surface area contributed by atoms with Crippen molar-refractivity contribution in [2.75, 3.05) is 18.4 Å². The molecule has 1 N–H and O–H groups in total. The number of hydrogen-bond donors (Lipinski definition) is 1. The van der Waals surface area contributed by atoms with Crippen molar-refractivity contribution in [2.24, 2.45) is 0 Å². The summed E-state index contributed by atoms with van der Waals surface area (Å²) in [4.78, 5) is 13.4. The van der Waals surface area contributed by atoms with Gasteiger partial charge < -0.3 is 15.0 Å². The zero-order valence-electron chi connectivity index (χ0n) is 11.4. The summed E-state index contributed by atoms with van der Waals surface area (Å²) in [5.41, 5.74) is 0.391. The third-order valence-electron chi connectivity index (χ3n) is 2.75. The second-order valence-electron chi connectivity index (χ2n) is 5.73. The van der Waals surface area contributed by atoms with Crippen LogP contribution >= 0.6 is 0 Å². The smallest absolute Gasteiger partial charge is 0.410 e. The number of benzene rings is 1. The highest BCUT2D eigenvalue weighted by Crippen LogP contribution is 2.18. The summed E-state index contributed by atoms with van der Waals surface area (Å²) in [6.45, 7) is 6.75. The summed E-state index contributed by atoms with van der Waals surface area (Å²) < 4.78 is 18.0. The number of hydrogen-bond acceptors (Lipinski definition) is 3. The van der Waals surface area contributed by atoms with Gasteiger partial charge in [0.25, 0.3) is 0 Å². The molecule has 1 aromatic rings. The Labute approximate surface area is 112 Å². The topological polar surface area (TPSA) is 41.6 Å². The Morgan fingerprint density at radius 2 is 1.89 bits per heavy atom. The van der Waals surface area contributed by atoms with E-state index in [4.69, 9.17) is 4.74 Å². The number of rotatable bonds is 2. The molecule has 0 unspecified atom stereocenters. The molecular formula is C14H19FN2O2. The lowest BCUT2D eigenvalue weighted by atomic mass is 10.1. The summed E-state index contributed by atoms with van der Waals surface area (Å²) >= 11 is 0. The van der Waals surface area contributed by atoms with E-state index < -0.39 is 5.60 Å². The Morgan fingerprint density at radius 3 is 2.42 bits per heavy atom. The number of likely N-dealkylation sites (tertiary alicyclic amines) is 1. The molecule has 1 aliphatic heterocycles. The maximum absolute atomic E-state index is 12.7. The van der Waals surface area contributed by atoms with E-state index in [0.29, 0.717) is 13.1 Å². The second kappa shape index (κ2) is 5.07. The van der Waals surface area contributed by atoms with Gasteiger partial charge in [-0.3, -0.25) is 0 Å². The average molecular weight is 266 g/mol. The van der Waals surface area contributed by atoms with E-state index in [9.17, 15) is 9.18 Å². The van der Waals surface area contributed by atoms with Crippen molar-refractivity contribution in [1.82, 2.24) is 4.90 Å². The zero-order chi connectivity index (χ0) is 14.0. The first kappa shape index (κ1) is 13.6. The fourth-order valence-corrected chi connectivity index (χ4v) is 1.83. The molecule has 1 heterocycles. The molecule has 19 heavy (non-hydrogen) atoms. The SMILES string of the molecule is CC(C)(C)OC(=O)N1CC(Nc2ccc(F)cc2)C1. The zero-order valence-corrected chi connectivity index (χ0v) is 11.4. The molecule has 1 aromatic carbocycles. The summed E-state index contributed by atoms with van der Waals surface area (Å²) in [7, 11) is 0. The summed E-state index contributed by atoms with van der Waals surface area (Å²) in [5, 5.41) is 3.24. The Kier molecular flexibility index (Phi) is 3.64. The van der Waals surface area contributed by atoms with E-state index in [-0.39, 0.29) is 18.0 Å². The molecule has 0 aliphatic carbocycles. The van der Waals surface area contributed by atoms with Crippen LogP contribution in [-0.2, 0) is 4.74 Å². The van der Waals surface area contributed by atoms with E-state index in [2.05, 4.69) is 5.32 Å². The predicted octanol–water partition coefficient (Wildman–Crippen LogP) is 2.86. The number of carbonyl (C=O) groups is 1. The minimum atomic E-state index is -0.466. The van der Waals surface area contributed by atoms with E-state index in [0.717, 1.165) is 5.69 Å². The lowest BCUT2D eigenvalue weighted by Gasteiger charge is -2.40. The molecule has 1 amide bonds. The first-order valence-electron chi connectivity index (χ1n) is 6.33. The molecule has 0 saturated carbocycles. The maximum atomic E-state index is 12.7. The molecule has 1 aliphatic rings.